The van der Waals surface area contributed by atoms with Crippen molar-refractivity contribution in [2.75, 3.05) is 19.6 Å². The number of hydrogen-bond acceptors (Lipinski definition) is 3. The summed E-state index contributed by atoms with van der Waals surface area (Å²) in [5.74, 6) is 0.653. The molecule has 1 aromatic heterocycles. The fourth-order valence-electron chi connectivity index (χ4n) is 1.99. The molecule has 2 rings (SSSR count). The van der Waals surface area contributed by atoms with Crippen LogP contribution in [0.4, 0.5) is 0 Å². The van der Waals surface area contributed by atoms with Crippen LogP contribution in [-0.2, 0) is 0 Å². The number of rotatable bonds is 4. The molecule has 0 aromatic carbocycles. The smallest absolute Gasteiger partial charge is 0.252 e. The predicted octanol–water partition coefficient (Wildman–Crippen LogP) is 2.42. The fourth-order valence-corrected chi connectivity index (χ4v) is 2.35. The van der Waals surface area contributed by atoms with Gasteiger partial charge in [0.25, 0.3) is 5.91 Å². The zero-order valence-corrected chi connectivity index (χ0v) is 13.6. The third-order valence-corrected chi connectivity index (χ3v) is 3.40. The second-order valence-corrected chi connectivity index (χ2v) is 5.21. The second-order valence-electron chi connectivity index (χ2n) is 4.30. The minimum absolute atomic E-state index is 0. The lowest BCUT2D eigenvalue weighted by molar-refractivity contribution is 0.0951. The summed E-state index contributed by atoms with van der Waals surface area (Å²) < 4.78 is 0.824. The molecule has 1 unspecified atom stereocenters. The standard InChI is InChI=1S/C12H16BrN3O.2ClH/c13-11-5-10(7-15-8-11)12(17)16-4-2-9-1-3-14-6-9;;/h5,7-9,14H,1-4,6H2,(H,16,17);2*1H. The summed E-state index contributed by atoms with van der Waals surface area (Å²) in [6.45, 7) is 2.92. The first-order valence-electron chi connectivity index (χ1n) is 5.85. The van der Waals surface area contributed by atoms with Crippen molar-refractivity contribution in [2.45, 2.75) is 12.8 Å². The summed E-state index contributed by atoms with van der Waals surface area (Å²) >= 11 is 3.30. The number of nitrogens with zero attached hydrogens (tertiary/aromatic N) is 1. The van der Waals surface area contributed by atoms with E-state index in [2.05, 4.69) is 31.5 Å². The van der Waals surface area contributed by atoms with Crippen LogP contribution >= 0.6 is 40.7 Å². The van der Waals surface area contributed by atoms with E-state index in [0.717, 1.165) is 30.5 Å². The Morgan fingerprint density at radius 3 is 2.89 bits per heavy atom. The summed E-state index contributed by atoms with van der Waals surface area (Å²) in [5.41, 5.74) is 0.601. The van der Waals surface area contributed by atoms with E-state index in [9.17, 15) is 4.79 Å². The summed E-state index contributed by atoms with van der Waals surface area (Å²) in [7, 11) is 0. The Morgan fingerprint density at radius 2 is 2.26 bits per heavy atom. The van der Waals surface area contributed by atoms with Crippen molar-refractivity contribution in [3.8, 4) is 0 Å². The van der Waals surface area contributed by atoms with Crippen LogP contribution in [0.15, 0.2) is 22.9 Å². The van der Waals surface area contributed by atoms with Crippen LogP contribution in [0.25, 0.3) is 0 Å². The van der Waals surface area contributed by atoms with Gasteiger partial charge >= 0.3 is 0 Å². The summed E-state index contributed by atoms with van der Waals surface area (Å²) in [4.78, 5) is 15.8. The average Bonchev–Trinajstić information content (AvgIpc) is 2.82. The van der Waals surface area contributed by atoms with E-state index in [4.69, 9.17) is 0 Å². The Bertz CT molecular complexity index is 400. The molecule has 1 fully saturated rings. The van der Waals surface area contributed by atoms with Crippen LogP contribution in [0.2, 0.25) is 0 Å². The lowest BCUT2D eigenvalue weighted by Gasteiger charge is -2.09. The van der Waals surface area contributed by atoms with E-state index in [0.29, 0.717) is 11.5 Å². The minimum Gasteiger partial charge on any atom is -0.352 e. The van der Waals surface area contributed by atoms with Gasteiger partial charge in [-0.25, -0.2) is 0 Å². The number of halogens is 3. The van der Waals surface area contributed by atoms with Crippen LogP contribution in [0.5, 0.6) is 0 Å². The average molecular weight is 371 g/mol. The fraction of sp³-hybridized carbons (Fsp3) is 0.500. The summed E-state index contributed by atoms with van der Waals surface area (Å²) in [6.07, 6.45) is 5.51. The monoisotopic (exact) mass is 369 g/mol. The highest BCUT2D eigenvalue weighted by Crippen LogP contribution is 2.12. The quantitative estimate of drug-likeness (QED) is 0.855. The predicted molar refractivity (Wildman–Crippen MR) is 84.4 cm³/mol. The van der Waals surface area contributed by atoms with Crippen LogP contribution in [-0.4, -0.2) is 30.5 Å². The molecule has 0 radical (unpaired) electrons. The Labute approximate surface area is 134 Å². The molecule has 1 saturated heterocycles. The maximum absolute atomic E-state index is 11.8. The highest BCUT2D eigenvalue weighted by molar-refractivity contribution is 9.10. The molecule has 0 bridgehead atoms. The lowest BCUT2D eigenvalue weighted by atomic mass is 10.1. The molecule has 1 aromatic rings. The van der Waals surface area contributed by atoms with E-state index >= 15 is 0 Å². The van der Waals surface area contributed by atoms with Crippen molar-refractivity contribution in [1.29, 1.82) is 0 Å². The molecule has 7 heteroatoms. The third kappa shape index (κ3) is 6.08. The largest absolute Gasteiger partial charge is 0.352 e. The first kappa shape index (κ1) is 18.6. The molecule has 0 saturated carbocycles. The van der Waals surface area contributed by atoms with Crippen molar-refractivity contribution in [2.24, 2.45) is 5.92 Å². The number of carbonyl (C=O) groups excluding carboxylic acids is 1. The van der Waals surface area contributed by atoms with Gasteiger partial charge in [-0.3, -0.25) is 9.78 Å². The van der Waals surface area contributed by atoms with Gasteiger partial charge in [0.2, 0.25) is 0 Å². The first-order valence-corrected chi connectivity index (χ1v) is 6.64. The van der Waals surface area contributed by atoms with Gasteiger partial charge in [-0.1, -0.05) is 0 Å². The van der Waals surface area contributed by atoms with E-state index < -0.39 is 0 Å². The molecule has 2 N–H and O–H groups in total. The molecule has 1 amide bonds. The molecule has 108 valence electrons. The summed E-state index contributed by atoms with van der Waals surface area (Å²) in [6, 6.07) is 1.78. The van der Waals surface area contributed by atoms with Gasteiger partial charge in [0.15, 0.2) is 0 Å². The number of carbonyl (C=O) groups is 1. The van der Waals surface area contributed by atoms with Crippen molar-refractivity contribution in [3.63, 3.8) is 0 Å². The normalized spacial score (nSPS) is 17.2. The van der Waals surface area contributed by atoms with E-state index in [1.807, 2.05) is 0 Å². The van der Waals surface area contributed by atoms with Crippen LogP contribution in [0, 0.1) is 5.92 Å². The second kappa shape index (κ2) is 9.53. The van der Waals surface area contributed by atoms with Crippen molar-refractivity contribution in [1.82, 2.24) is 15.6 Å². The molecule has 19 heavy (non-hydrogen) atoms. The molecule has 0 aliphatic carbocycles. The van der Waals surface area contributed by atoms with Crippen molar-refractivity contribution < 1.29 is 4.79 Å². The molecule has 1 atom stereocenters. The van der Waals surface area contributed by atoms with Gasteiger partial charge < -0.3 is 10.6 Å². The Balaban J connectivity index is 0.00000162. The Morgan fingerprint density at radius 1 is 1.47 bits per heavy atom. The maximum atomic E-state index is 11.8. The number of hydrogen-bond donors (Lipinski definition) is 2. The van der Waals surface area contributed by atoms with Gasteiger partial charge in [0, 0.05) is 23.4 Å². The van der Waals surface area contributed by atoms with Crippen molar-refractivity contribution in [3.05, 3.63) is 28.5 Å². The molecule has 0 spiro atoms. The molecule has 2 heterocycles. The number of pyridine rings is 1. The SMILES string of the molecule is Cl.Cl.O=C(NCCC1CCNC1)c1cncc(Br)c1. The highest BCUT2D eigenvalue weighted by atomic mass is 79.9. The topological polar surface area (TPSA) is 54.0 Å². The van der Waals surface area contributed by atoms with E-state index in [1.54, 1.807) is 18.5 Å². The van der Waals surface area contributed by atoms with E-state index in [1.165, 1.54) is 6.42 Å². The summed E-state index contributed by atoms with van der Waals surface area (Å²) in [5, 5.41) is 6.25. The van der Waals surface area contributed by atoms with Gasteiger partial charge in [0.1, 0.15) is 0 Å². The number of amides is 1. The van der Waals surface area contributed by atoms with E-state index in [-0.39, 0.29) is 30.7 Å². The molecule has 1 aliphatic heterocycles. The van der Waals surface area contributed by atoms with Crippen LogP contribution < -0.4 is 10.6 Å². The molecule has 4 nitrogen and oxygen atoms in total. The molecule has 1 aliphatic rings. The highest BCUT2D eigenvalue weighted by Gasteiger charge is 2.14. The maximum Gasteiger partial charge on any atom is 0.252 e. The Kier molecular flexibility index (Phi) is 9.35. The third-order valence-electron chi connectivity index (χ3n) is 2.97. The van der Waals surface area contributed by atoms with Crippen LogP contribution in [0.1, 0.15) is 23.2 Å². The Hall–Kier alpha value is -0.360. The number of aromatic nitrogens is 1. The lowest BCUT2D eigenvalue weighted by Crippen LogP contribution is -2.26. The van der Waals surface area contributed by atoms with Gasteiger partial charge in [-0.15, -0.1) is 24.8 Å². The van der Waals surface area contributed by atoms with Crippen molar-refractivity contribution >= 4 is 46.7 Å². The van der Waals surface area contributed by atoms with Gasteiger partial charge in [-0.05, 0) is 53.8 Å². The first-order chi connectivity index (χ1) is 8.25. The number of nitrogens with one attached hydrogen (secondary N) is 2. The zero-order chi connectivity index (χ0) is 12.1. The van der Waals surface area contributed by atoms with Crippen LogP contribution in [0.3, 0.4) is 0 Å². The zero-order valence-electron chi connectivity index (χ0n) is 10.4. The molecular weight excluding hydrogens is 353 g/mol. The minimum atomic E-state index is -0.0512. The van der Waals surface area contributed by atoms with Gasteiger partial charge in [0.05, 0.1) is 5.56 Å². The van der Waals surface area contributed by atoms with Gasteiger partial charge in [-0.2, -0.15) is 0 Å². The molecular formula is C12H18BrCl2N3O.